The van der Waals surface area contributed by atoms with E-state index in [0.29, 0.717) is 6.42 Å². The van der Waals surface area contributed by atoms with Gasteiger partial charge in [-0.05, 0) is 18.4 Å². The zero-order valence-electron chi connectivity index (χ0n) is 16.7. The molecule has 11 heteroatoms. The van der Waals surface area contributed by atoms with Crippen molar-refractivity contribution in [1.29, 1.82) is 5.26 Å². The fourth-order valence-electron chi connectivity index (χ4n) is 3.84. The third-order valence-corrected chi connectivity index (χ3v) is 5.45. The van der Waals surface area contributed by atoms with Crippen molar-refractivity contribution in [2.24, 2.45) is 11.8 Å². The molecule has 1 aliphatic rings. The molecule has 4 rings (SSSR count). The van der Waals surface area contributed by atoms with Gasteiger partial charge in [0.05, 0.1) is 35.0 Å². The second kappa shape index (κ2) is 7.96. The summed E-state index contributed by atoms with van der Waals surface area (Å²) in [6.07, 6.45) is 3.04. The Balaban J connectivity index is 1.77. The summed E-state index contributed by atoms with van der Waals surface area (Å²) in [7, 11) is 0. The third kappa shape index (κ3) is 3.87. The number of hydrogen-bond donors (Lipinski definition) is 3. The van der Waals surface area contributed by atoms with Crippen molar-refractivity contribution in [3.8, 4) is 17.3 Å². The third-order valence-electron chi connectivity index (χ3n) is 5.45. The van der Waals surface area contributed by atoms with Gasteiger partial charge < -0.3 is 15.4 Å². The maximum atomic E-state index is 13.2. The molecule has 0 fully saturated rings. The molecule has 8 nitrogen and oxygen atoms in total. The fourth-order valence-corrected chi connectivity index (χ4v) is 3.84. The van der Waals surface area contributed by atoms with Crippen molar-refractivity contribution in [3.05, 3.63) is 47.9 Å². The predicted octanol–water partition coefficient (Wildman–Crippen LogP) is 3.99. The van der Waals surface area contributed by atoms with Crippen LogP contribution in [0.3, 0.4) is 0 Å². The molecule has 32 heavy (non-hydrogen) atoms. The Bertz CT molecular complexity index is 1260. The van der Waals surface area contributed by atoms with Crippen LogP contribution in [-0.4, -0.2) is 37.1 Å². The van der Waals surface area contributed by atoms with Gasteiger partial charge in [0.25, 0.3) is 0 Å². The van der Waals surface area contributed by atoms with Crippen molar-refractivity contribution in [3.63, 3.8) is 0 Å². The lowest BCUT2D eigenvalue weighted by atomic mass is 9.81. The van der Waals surface area contributed by atoms with Gasteiger partial charge in [0.15, 0.2) is 0 Å². The van der Waals surface area contributed by atoms with E-state index in [2.05, 4.69) is 25.3 Å². The van der Waals surface area contributed by atoms with Gasteiger partial charge in [0.1, 0.15) is 11.7 Å². The zero-order chi connectivity index (χ0) is 23.0. The van der Waals surface area contributed by atoms with Crippen LogP contribution in [-0.2, 0) is 11.0 Å². The lowest BCUT2D eigenvalue weighted by Gasteiger charge is -2.30. The lowest BCUT2D eigenvalue weighted by Crippen LogP contribution is -2.39. The number of pyridine rings is 1. The first-order chi connectivity index (χ1) is 15.2. The molecule has 1 aliphatic carbocycles. The Labute approximate surface area is 179 Å². The topological polar surface area (TPSA) is 128 Å². The number of anilines is 1. The summed E-state index contributed by atoms with van der Waals surface area (Å²) in [4.78, 5) is 26.7. The van der Waals surface area contributed by atoms with Crippen molar-refractivity contribution >= 4 is 23.0 Å². The van der Waals surface area contributed by atoms with E-state index < -0.39 is 29.7 Å². The standard InChI is InChI=1S/C21H17F3N6O2/c1-10-3-2-4-15(16(10)19(31)32)29-20-28-7-11(6-25)17(30-20)14-9-27-18-13(14)5-12(8-26-18)21(22,23)24/h2,4-5,7-10,15-16H,3H2,1H3,(H,26,27)(H,31,32)(H,28,29,30)/t10?,15-,16-/m1/s1. The summed E-state index contributed by atoms with van der Waals surface area (Å²) in [5.74, 6) is -1.73. The van der Waals surface area contributed by atoms with Crippen molar-refractivity contribution < 1.29 is 23.1 Å². The molecule has 0 bridgehead atoms. The second-order valence-corrected chi connectivity index (χ2v) is 7.56. The highest BCUT2D eigenvalue weighted by atomic mass is 19.4. The van der Waals surface area contributed by atoms with Crippen LogP contribution in [0.4, 0.5) is 19.1 Å². The van der Waals surface area contributed by atoms with Gasteiger partial charge in [-0.3, -0.25) is 4.79 Å². The highest BCUT2D eigenvalue weighted by Crippen LogP contribution is 2.35. The lowest BCUT2D eigenvalue weighted by molar-refractivity contribution is -0.143. The summed E-state index contributed by atoms with van der Waals surface area (Å²) in [6, 6.07) is 2.30. The van der Waals surface area contributed by atoms with Gasteiger partial charge in [0.2, 0.25) is 5.95 Å². The van der Waals surface area contributed by atoms with Gasteiger partial charge >= 0.3 is 12.1 Å². The predicted molar refractivity (Wildman–Crippen MR) is 108 cm³/mol. The number of hydrogen-bond acceptors (Lipinski definition) is 6. The zero-order valence-corrected chi connectivity index (χ0v) is 16.7. The van der Waals surface area contributed by atoms with Crippen LogP contribution in [0.1, 0.15) is 24.5 Å². The number of aromatic amines is 1. The first-order valence-electron chi connectivity index (χ1n) is 9.67. The highest BCUT2D eigenvalue weighted by molar-refractivity contribution is 5.94. The van der Waals surface area contributed by atoms with E-state index in [9.17, 15) is 28.3 Å². The van der Waals surface area contributed by atoms with E-state index in [1.165, 1.54) is 12.4 Å². The average molecular weight is 442 g/mol. The fraction of sp³-hybridized carbons (Fsp3) is 0.286. The van der Waals surface area contributed by atoms with Crippen LogP contribution >= 0.6 is 0 Å². The number of aromatic nitrogens is 4. The van der Waals surface area contributed by atoms with E-state index in [0.717, 1.165) is 12.3 Å². The molecule has 0 radical (unpaired) electrons. The number of nitrogens with one attached hydrogen (secondary N) is 2. The van der Waals surface area contributed by atoms with Gasteiger partial charge in [-0.25, -0.2) is 15.0 Å². The van der Waals surface area contributed by atoms with E-state index in [4.69, 9.17) is 0 Å². The number of aliphatic carboxylic acids is 1. The monoisotopic (exact) mass is 442 g/mol. The van der Waals surface area contributed by atoms with Crippen molar-refractivity contribution in [1.82, 2.24) is 19.9 Å². The summed E-state index contributed by atoms with van der Waals surface area (Å²) >= 11 is 0. The molecular weight excluding hydrogens is 425 g/mol. The Morgan fingerprint density at radius 1 is 1.34 bits per heavy atom. The molecule has 3 aromatic rings. The molecule has 0 spiro atoms. The molecule has 0 saturated heterocycles. The van der Waals surface area contributed by atoms with Crippen LogP contribution in [0.5, 0.6) is 0 Å². The molecule has 0 aromatic carbocycles. The van der Waals surface area contributed by atoms with Gasteiger partial charge in [-0.15, -0.1) is 0 Å². The number of carboxylic acid groups (broad SMARTS) is 1. The Morgan fingerprint density at radius 2 is 2.12 bits per heavy atom. The molecule has 3 aromatic heterocycles. The van der Waals surface area contributed by atoms with Gasteiger partial charge in [-0.1, -0.05) is 19.1 Å². The van der Waals surface area contributed by atoms with Crippen LogP contribution in [0.2, 0.25) is 0 Å². The van der Waals surface area contributed by atoms with Crippen LogP contribution in [0.25, 0.3) is 22.3 Å². The van der Waals surface area contributed by atoms with Crippen molar-refractivity contribution in [2.75, 3.05) is 5.32 Å². The highest BCUT2D eigenvalue weighted by Gasteiger charge is 2.34. The van der Waals surface area contributed by atoms with E-state index in [1.807, 2.05) is 19.1 Å². The number of rotatable bonds is 4. The van der Waals surface area contributed by atoms with E-state index in [1.54, 1.807) is 6.08 Å². The van der Waals surface area contributed by atoms with Crippen molar-refractivity contribution in [2.45, 2.75) is 25.6 Å². The van der Waals surface area contributed by atoms with Crippen LogP contribution in [0.15, 0.2) is 36.8 Å². The number of alkyl halides is 3. The minimum absolute atomic E-state index is 0.0520. The Morgan fingerprint density at radius 3 is 2.81 bits per heavy atom. The smallest absolute Gasteiger partial charge is 0.417 e. The molecule has 3 heterocycles. The minimum atomic E-state index is -4.58. The molecule has 1 unspecified atom stereocenters. The van der Waals surface area contributed by atoms with Gasteiger partial charge in [-0.2, -0.15) is 18.4 Å². The number of halogens is 3. The van der Waals surface area contributed by atoms with Gasteiger partial charge in [0, 0.05) is 23.3 Å². The normalized spacial score (nSPS) is 20.8. The number of carbonyl (C=O) groups is 1. The number of carboxylic acids is 1. The molecule has 0 aliphatic heterocycles. The minimum Gasteiger partial charge on any atom is -0.481 e. The number of nitrogens with zero attached hydrogens (tertiary/aromatic N) is 4. The summed E-state index contributed by atoms with van der Waals surface area (Å²) in [6.45, 7) is 1.83. The SMILES string of the molecule is CC1CC=C[C@@H](Nc2ncc(C#N)c(-c3c[nH]c4ncc(C(F)(F)F)cc34)n2)[C@@H]1C(=O)O. The number of H-pyrrole nitrogens is 1. The van der Waals surface area contributed by atoms with Crippen LogP contribution in [0, 0.1) is 23.2 Å². The molecule has 164 valence electrons. The molecular formula is C21H17F3N6O2. The molecule has 3 N–H and O–H groups in total. The molecule has 0 amide bonds. The second-order valence-electron chi connectivity index (χ2n) is 7.56. The van der Waals surface area contributed by atoms with E-state index in [-0.39, 0.29) is 39.7 Å². The maximum Gasteiger partial charge on any atom is 0.417 e. The number of fused-ring (bicyclic) bond motifs is 1. The average Bonchev–Trinajstić information content (AvgIpc) is 3.16. The Kier molecular flexibility index (Phi) is 5.30. The summed E-state index contributed by atoms with van der Waals surface area (Å²) in [5.41, 5.74) is -0.307. The number of allylic oxidation sites excluding steroid dienone is 1. The maximum absolute atomic E-state index is 13.2. The number of nitriles is 1. The first kappa shape index (κ1) is 21.3. The summed E-state index contributed by atoms with van der Waals surface area (Å²) in [5, 5.41) is 22.2. The quantitative estimate of drug-likeness (QED) is 0.521. The van der Waals surface area contributed by atoms with Crippen LogP contribution < -0.4 is 5.32 Å². The molecule has 3 atom stereocenters. The Hall–Kier alpha value is -3.94. The molecule has 0 saturated carbocycles. The first-order valence-corrected chi connectivity index (χ1v) is 9.67. The largest absolute Gasteiger partial charge is 0.481 e. The summed E-state index contributed by atoms with van der Waals surface area (Å²) < 4.78 is 39.5. The van der Waals surface area contributed by atoms with E-state index >= 15 is 0 Å².